The number of alkyl halides is 1. The molecule has 0 N–H and O–H groups in total. The molecule has 0 bridgehead atoms. The highest BCUT2D eigenvalue weighted by Crippen LogP contribution is 2.40. The first kappa shape index (κ1) is 35.0. The summed E-state index contributed by atoms with van der Waals surface area (Å²) in [4.78, 5) is 10.6. The van der Waals surface area contributed by atoms with Gasteiger partial charge in [-0.1, -0.05) is 82.2 Å². The summed E-state index contributed by atoms with van der Waals surface area (Å²) in [6.07, 6.45) is 14.2. The third-order valence-electron chi connectivity index (χ3n) is 9.95. The fourth-order valence-electron chi connectivity index (χ4n) is 7.43. The molecule has 2 aliphatic rings. The van der Waals surface area contributed by atoms with E-state index in [2.05, 4.69) is 99.8 Å². The van der Waals surface area contributed by atoms with Gasteiger partial charge in [0.05, 0.1) is 5.70 Å². The van der Waals surface area contributed by atoms with Crippen LogP contribution < -0.4 is 4.90 Å². The van der Waals surface area contributed by atoms with E-state index in [1.807, 2.05) is 6.08 Å². The summed E-state index contributed by atoms with van der Waals surface area (Å²) in [6, 6.07) is 6.33. The van der Waals surface area contributed by atoms with Crippen LogP contribution in [0.25, 0.3) is 5.70 Å². The highest BCUT2D eigenvalue weighted by Gasteiger charge is 2.43. The van der Waals surface area contributed by atoms with Crippen LogP contribution in [0, 0.1) is 18.3 Å². The van der Waals surface area contributed by atoms with Crippen LogP contribution >= 0.6 is 0 Å². The van der Waals surface area contributed by atoms with Crippen LogP contribution in [-0.2, 0) is 0 Å². The van der Waals surface area contributed by atoms with Crippen LogP contribution in [0.4, 0.5) is 10.1 Å². The molecule has 0 aromatic heterocycles. The lowest BCUT2D eigenvalue weighted by atomic mass is 9.74. The maximum atomic E-state index is 15.5. The van der Waals surface area contributed by atoms with Gasteiger partial charge in [0.2, 0.25) is 0 Å². The molecule has 0 amide bonds. The van der Waals surface area contributed by atoms with Gasteiger partial charge in [-0.05, 0) is 95.9 Å². The summed E-state index contributed by atoms with van der Waals surface area (Å²) in [5, 5.41) is 0. The number of aryl methyl sites for hydroxylation is 1. The molecule has 3 unspecified atom stereocenters. The molecular formula is C37H56BFN4. The molecule has 43 heavy (non-hydrogen) atoms. The maximum absolute atomic E-state index is 15.5. The Morgan fingerprint density at radius 1 is 1.23 bits per heavy atom. The molecule has 2 saturated heterocycles. The van der Waals surface area contributed by atoms with Crippen molar-refractivity contribution in [1.82, 2.24) is 9.71 Å². The fraction of sp³-hybridized carbons (Fsp3) is 0.595. The molecule has 0 spiro atoms. The largest absolute Gasteiger partial charge is 0.373 e. The Balaban J connectivity index is 1.84. The van der Waals surface area contributed by atoms with Gasteiger partial charge in [-0.15, -0.1) is 0 Å². The Kier molecular flexibility index (Phi) is 12.7. The average molecular weight is 587 g/mol. The van der Waals surface area contributed by atoms with Gasteiger partial charge in [0.15, 0.2) is 7.98 Å². The van der Waals surface area contributed by atoms with Crippen molar-refractivity contribution in [2.45, 2.75) is 91.3 Å². The zero-order chi connectivity index (χ0) is 31.8. The Hall–Kier alpha value is -2.44. The number of anilines is 1. The van der Waals surface area contributed by atoms with Crippen LogP contribution in [0.3, 0.4) is 0 Å². The third-order valence-corrected chi connectivity index (χ3v) is 9.95. The lowest BCUT2D eigenvalue weighted by Gasteiger charge is -2.47. The minimum absolute atomic E-state index is 0.0509. The van der Waals surface area contributed by atoms with Crippen molar-refractivity contribution in [3.8, 4) is 0 Å². The van der Waals surface area contributed by atoms with Gasteiger partial charge >= 0.3 is 0 Å². The summed E-state index contributed by atoms with van der Waals surface area (Å²) >= 11 is 0. The van der Waals surface area contributed by atoms with E-state index in [9.17, 15) is 0 Å². The molecular weight excluding hydrogens is 530 g/mol. The van der Waals surface area contributed by atoms with E-state index >= 15 is 4.39 Å². The first-order valence-electron chi connectivity index (χ1n) is 16.3. The van der Waals surface area contributed by atoms with Gasteiger partial charge < -0.3 is 9.71 Å². The van der Waals surface area contributed by atoms with Crippen molar-refractivity contribution >= 4 is 26.1 Å². The van der Waals surface area contributed by atoms with Gasteiger partial charge in [0.25, 0.3) is 0 Å². The molecule has 4 nitrogen and oxygen atoms in total. The number of piperidine rings is 2. The maximum Gasteiger partial charge on any atom is 0.182 e. The molecule has 0 aliphatic carbocycles. The molecule has 2 aliphatic heterocycles. The number of hydrogen-bond acceptors (Lipinski definition) is 4. The highest BCUT2D eigenvalue weighted by molar-refractivity contribution is 6.04. The Morgan fingerprint density at radius 3 is 2.53 bits per heavy atom. The Morgan fingerprint density at radius 2 is 1.93 bits per heavy atom. The minimum Gasteiger partial charge on any atom is -0.373 e. The number of aliphatic imine (C=N–C) groups is 1. The van der Waals surface area contributed by atoms with E-state index in [0.29, 0.717) is 18.2 Å². The number of nitrogens with zero attached hydrogens (tertiary/aromatic N) is 4. The fourth-order valence-corrected chi connectivity index (χ4v) is 7.43. The lowest BCUT2D eigenvalue weighted by Crippen LogP contribution is -2.59. The zero-order valence-corrected chi connectivity index (χ0v) is 28.0. The summed E-state index contributed by atoms with van der Waals surface area (Å²) in [5.74, 6) is 0.493. The van der Waals surface area contributed by atoms with Crippen molar-refractivity contribution in [3.63, 3.8) is 0 Å². The molecule has 6 heteroatoms. The first-order valence-corrected chi connectivity index (χ1v) is 16.3. The van der Waals surface area contributed by atoms with Crippen LogP contribution in [0.15, 0.2) is 65.7 Å². The number of unbranched alkanes of at least 4 members (excludes halogenated alkanes) is 2. The van der Waals surface area contributed by atoms with Crippen LogP contribution in [0.2, 0.25) is 0 Å². The number of hydrogen-bond donors (Lipinski definition) is 0. The molecule has 234 valence electrons. The first-order chi connectivity index (χ1) is 20.4. The molecule has 1 aromatic rings. The minimum atomic E-state index is -1.28. The van der Waals surface area contributed by atoms with Crippen LogP contribution in [-0.4, -0.2) is 75.9 Å². The van der Waals surface area contributed by atoms with E-state index < -0.39 is 5.67 Å². The lowest BCUT2D eigenvalue weighted by molar-refractivity contribution is -0.0193. The molecule has 2 heterocycles. The van der Waals surface area contributed by atoms with Crippen molar-refractivity contribution < 1.29 is 4.39 Å². The quantitative estimate of drug-likeness (QED) is 0.0947. The Bertz CT molecular complexity index is 1180. The normalized spacial score (nSPS) is 24.4. The summed E-state index contributed by atoms with van der Waals surface area (Å²) in [6.45, 7) is 26.6. The van der Waals surface area contributed by atoms with Crippen LogP contribution in [0.5, 0.6) is 0 Å². The summed E-state index contributed by atoms with van der Waals surface area (Å²) in [7, 11) is 8.13. The predicted octanol–water partition coefficient (Wildman–Crippen LogP) is 8.35. The molecule has 2 fully saturated rings. The zero-order valence-electron chi connectivity index (χ0n) is 28.0. The molecule has 0 saturated carbocycles. The van der Waals surface area contributed by atoms with E-state index in [0.717, 1.165) is 68.7 Å². The van der Waals surface area contributed by atoms with Crippen molar-refractivity contribution in [1.29, 1.82) is 0 Å². The summed E-state index contributed by atoms with van der Waals surface area (Å²) in [5.41, 5.74) is 5.43. The number of halogens is 1. The van der Waals surface area contributed by atoms with Gasteiger partial charge in [-0.3, -0.25) is 9.89 Å². The second kappa shape index (κ2) is 15.5. The third kappa shape index (κ3) is 8.82. The average Bonchev–Trinajstić information content (AvgIpc) is 2.96. The van der Waals surface area contributed by atoms with Crippen molar-refractivity contribution in [2.75, 3.05) is 44.7 Å². The summed E-state index contributed by atoms with van der Waals surface area (Å²) < 4.78 is 15.5. The number of likely N-dealkylation sites (tertiary alicyclic amines) is 1. The number of benzene rings is 1. The molecule has 1 aromatic carbocycles. The van der Waals surface area contributed by atoms with Crippen molar-refractivity contribution in [2.24, 2.45) is 16.3 Å². The predicted molar refractivity (Wildman–Crippen MR) is 187 cm³/mol. The monoisotopic (exact) mass is 586 g/mol. The van der Waals surface area contributed by atoms with E-state index in [1.54, 1.807) is 11.7 Å². The van der Waals surface area contributed by atoms with E-state index in [4.69, 9.17) is 7.98 Å². The molecule has 3 atom stereocenters. The molecule has 2 radical (unpaired) electrons. The van der Waals surface area contributed by atoms with Gasteiger partial charge in [0, 0.05) is 42.8 Å². The van der Waals surface area contributed by atoms with Gasteiger partial charge in [-0.25, -0.2) is 4.39 Å². The SMILES string of the molecule is [B]N1CCC(N2CCC(/C(C)=C/C(=C\C=C)C(C)(CCCCC)CN(C)c3cccc(C)c3C(=C)N=C)CC2)C(C)(F)C1. The second-order valence-electron chi connectivity index (χ2n) is 13.6. The van der Waals surface area contributed by atoms with Crippen molar-refractivity contribution in [3.05, 3.63) is 71.9 Å². The van der Waals surface area contributed by atoms with Gasteiger partial charge in [0.1, 0.15) is 5.67 Å². The second-order valence-corrected chi connectivity index (χ2v) is 13.6. The van der Waals surface area contributed by atoms with Gasteiger partial charge in [-0.2, -0.15) is 0 Å². The highest BCUT2D eigenvalue weighted by atomic mass is 19.1. The number of rotatable bonds is 14. The Labute approximate surface area is 263 Å². The molecule has 3 rings (SSSR count). The standard InChI is InChI=1S/C37H56BFN4/c1-10-12-13-21-36(6,26-41(9)33-17-14-16-28(3)35(33)30(5)40-8)32(15-11-2)25-29(4)31-18-22-42(23-19-31)34-20-24-43(38)27-37(34,7)39/h11,14-17,25,31,34H,2,5,8,10,12-13,18-24,26-27H2,1,3-4,6-7,9H3/b29-25+,32-15+. The number of allylic oxidation sites excluding steroid dienone is 4. The topological polar surface area (TPSA) is 22.1 Å². The van der Waals surface area contributed by atoms with E-state index in [-0.39, 0.29) is 11.5 Å². The smallest absolute Gasteiger partial charge is 0.182 e. The van der Waals surface area contributed by atoms with Crippen LogP contribution in [0.1, 0.15) is 83.8 Å². The van der Waals surface area contributed by atoms with E-state index in [1.165, 1.54) is 30.4 Å².